The maximum Gasteiger partial charge on any atom is 0.0661 e. The van der Waals surface area contributed by atoms with Crippen molar-refractivity contribution in [3.8, 4) is 0 Å². The number of ether oxygens (including phenoxy) is 1. The van der Waals surface area contributed by atoms with Crippen LogP contribution in [0.5, 0.6) is 0 Å². The predicted octanol–water partition coefficient (Wildman–Crippen LogP) is 3.00. The van der Waals surface area contributed by atoms with Crippen molar-refractivity contribution in [3.05, 3.63) is 29.8 Å². The molecule has 0 spiro atoms. The van der Waals surface area contributed by atoms with Gasteiger partial charge in [0.05, 0.1) is 6.61 Å². The van der Waals surface area contributed by atoms with Crippen LogP contribution >= 0.6 is 11.8 Å². The highest BCUT2D eigenvalue weighted by Crippen LogP contribution is 2.15. The molecule has 0 fully saturated rings. The Kier molecular flexibility index (Phi) is 5.58. The molecule has 0 heterocycles. The van der Waals surface area contributed by atoms with Gasteiger partial charge in [-0.2, -0.15) is 11.8 Å². The van der Waals surface area contributed by atoms with Crippen molar-refractivity contribution in [1.82, 2.24) is 0 Å². The van der Waals surface area contributed by atoms with Crippen LogP contribution in [0, 0.1) is 0 Å². The van der Waals surface area contributed by atoms with Crippen LogP contribution in [0.1, 0.15) is 12.5 Å². The minimum atomic E-state index is 0.347. The second kappa shape index (κ2) is 6.75. The highest BCUT2D eigenvalue weighted by Gasteiger charge is 2.01. The van der Waals surface area contributed by atoms with E-state index < -0.39 is 0 Å². The third kappa shape index (κ3) is 4.58. The lowest BCUT2D eigenvalue weighted by molar-refractivity contribution is 0.190. The Morgan fingerprint density at radius 2 is 2.27 bits per heavy atom. The molecule has 3 heteroatoms. The van der Waals surface area contributed by atoms with E-state index in [9.17, 15) is 0 Å². The summed E-state index contributed by atoms with van der Waals surface area (Å²) in [5, 5.41) is 3.41. The molecule has 0 aliphatic rings. The first-order chi connectivity index (χ1) is 7.26. The number of hydrogen-bond donors (Lipinski definition) is 1. The summed E-state index contributed by atoms with van der Waals surface area (Å²) in [6.07, 6.45) is 2.12. The average Bonchev–Trinajstić information content (AvgIpc) is 2.19. The van der Waals surface area contributed by atoms with Gasteiger partial charge in [0, 0.05) is 24.6 Å². The molecule has 15 heavy (non-hydrogen) atoms. The van der Waals surface area contributed by atoms with Gasteiger partial charge in [0.25, 0.3) is 0 Å². The van der Waals surface area contributed by atoms with Crippen LogP contribution in [0.15, 0.2) is 24.3 Å². The first-order valence-corrected chi connectivity index (χ1v) is 6.49. The number of thioether (sulfide) groups is 1. The quantitative estimate of drug-likeness (QED) is 0.804. The van der Waals surface area contributed by atoms with E-state index in [0.29, 0.717) is 6.04 Å². The molecule has 0 aliphatic carbocycles. The van der Waals surface area contributed by atoms with Gasteiger partial charge in [-0.1, -0.05) is 12.1 Å². The fourth-order valence-corrected chi connectivity index (χ4v) is 2.01. The van der Waals surface area contributed by atoms with E-state index in [4.69, 9.17) is 4.74 Å². The molecule has 84 valence electrons. The highest BCUT2D eigenvalue weighted by atomic mass is 32.2. The zero-order valence-corrected chi connectivity index (χ0v) is 10.4. The molecule has 0 radical (unpaired) electrons. The zero-order valence-electron chi connectivity index (χ0n) is 9.62. The summed E-state index contributed by atoms with van der Waals surface area (Å²) in [6, 6.07) is 8.88. The Bertz CT molecular complexity index is 291. The fraction of sp³-hybridized carbons (Fsp3) is 0.500. The molecule has 1 atom stereocenters. The lowest BCUT2D eigenvalue weighted by Gasteiger charge is -2.14. The van der Waals surface area contributed by atoms with E-state index in [2.05, 4.69) is 42.8 Å². The monoisotopic (exact) mass is 225 g/mol. The maximum atomic E-state index is 5.09. The third-order valence-electron chi connectivity index (χ3n) is 2.07. The summed E-state index contributed by atoms with van der Waals surface area (Å²) in [7, 11) is 1.72. The molecule has 1 aromatic carbocycles. The molecule has 0 aliphatic heterocycles. The van der Waals surface area contributed by atoms with Crippen LogP contribution in [0.4, 0.5) is 5.69 Å². The smallest absolute Gasteiger partial charge is 0.0661 e. The number of rotatable bonds is 6. The zero-order chi connectivity index (χ0) is 11.1. The SMILES string of the molecule is COCC(C)Nc1cccc(CSC)c1. The van der Waals surface area contributed by atoms with E-state index >= 15 is 0 Å². The molecule has 0 aromatic heterocycles. The summed E-state index contributed by atoms with van der Waals surface area (Å²) in [6.45, 7) is 2.84. The Morgan fingerprint density at radius 3 is 2.93 bits per heavy atom. The van der Waals surface area contributed by atoms with Gasteiger partial charge in [-0.05, 0) is 30.9 Å². The molecular weight excluding hydrogens is 206 g/mol. The third-order valence-corrected chi connectivity index (χ3v) is 2.69. The molecule has 0 saturated heterocycles. The predicted molar refractivity (Wildman–Crippen MR) is 68.6 cm³/mol. The molecule has 1 unspecified atom stereocenters. The van der Waals surface area contributed by atoms with E-state index in [1.165, 1.54) is 11.3 Å². The minimum absolute atomic E-state index is 0.347. The summed E-state index contributed by atoms with van der Waals surface area (Å²) in [5.74, 6) is 1.06. The van der Waals surface area contributed by atoms with Crippen LogP contribution in [-0.2, 0) is 10.5 Å². The van der Waals surface area contributed by atoms with Gasteiger partial charge in [0.1, 0.15) is 0 Å². The summed E-state index contributed by atoms with van der Waals surface area (Å²) in [4.78, 5) is 0. The topological polar surface area (TPSA) is 21.3 Å². The summed E-state index contributed by atoms with van der Waals surface area (Å²) in [5.41, 5.74) is 2.53. The second-order valence-corrected chi connectivity index (χ2v) is 4.50. The number of nitrogens with one attached hydrogen (secondary N) is 1. The number of benzene rings is 1. The van der Waals surface area contributed by atoms with Crippen molar-refractivity contribution in [2.45, 2.75) is 18.7 Å². The molecule has 0 bridgehead atoms. The summed E-state index contributed by atoms with van der Waals surface area (Å²) >= 11 is 1.84. The Hall–Kier alpha value is -0.670. The number of anilines is 1. The van der Waals surface area contributed by atoms with Gasteiger partial charge in [-0.15, -0.1) is 0 Å². The van der Waals surface area contributed by atoms with Crippen molar-refractivity contribution in [2.75, 3.05) is 25.3 Å². The van der Waals surface area contributed by atoms with Gasteiger partial charge >= 0.3 is 0 Å². The van der Waals surface area contributed by atoms with Crippen LogP contribution in [0.25, 0.3) is 0 Å². The maximum absolute atomic E-state index is 5.09. The van der Waals surface area contributed by atoms with Crippen LogP contribution in [-0.4, -0.2) is 26.0 Å². The van der Waals surface area contributed by atoms with E-state index in [-0.39, 0.29) is 0 Å². The van der Waals surface area contributed by atoms with Crippen molar-refractivity contribution >= 4 is 17.4 Å². The van der Waals surface area contributed by atoms with Gasteiger partial charge in [-0.3, -0.25) is 0 Å². The standard InChI is InChI=1S/C12H19NOS/c1-10(8-14-2)13-12-6-4-5-11(7-12)9-15-3/h4-7,10,13H,8-9H2,1-3H3. The van der Waals surface area contributed by atoms with Crippen LogP contribution < -0.4 is 5.32 Å². The largest absolute Gasteiger partial charge is 0.383 e. The number of methoxy groups -OCH3 is 1. The Balaban J connectivity index is 2.56. The second-order valence-electron chi connectivity index (χ2n) is 3.63. The lowest BCUT2D eigenvalue weighted by Crippen LogP contribution is -2.20. The fourth-order valence-electron chi connectivity index (χ4n) is 1.49. The van der Waals surface area contributed by atoms with Gasteiger partial charge in [0.2, 0.25) is 0 Å². The van der Waals surface area contributed by atoms with Crippen LogP contribution in [0.3, 0.4) is 0 Å². The number of hydrogen-bond acceptors (Lipinski definition) is 3. The van der Waals surface area contributed by atoms with Gasteiger partial charge < -0.3 is 10.1 Å². The minimum Gasteiger partial charge on any atom is -0.383 e. The van der Waals surface area contributed by atoms with Gasteiger partial charge in [-0.25, -0.2) is 0 Å². The van der Waals surface area contributed by atoms with Crippen molar-refractivity contribution < 1.29 is 4.74 Å². The Labute approximate surface area is 96.4 Å². The molecule has 0 saturated carbocycles. The normalized spacial score (nSPS) is 12.5. The van der Waals surface area contributed by atoms with Crippen molar-refractivity contribution in [3.63, 3.8) is 0 Å². The highest BCUT2D eigenvalue weighted by molar-refractivity contribution is 7.97. The molecule has 2 nitrogen and oxygen atoms in total. The van der Waals surface area contributed by atoms with E-state index in [1.807, 2.05) is 11.8 Å². The Morgan fingerprint density at radius 1 is 1.47 bits per heavy atom. The molecule has 0 amide bonds. The first-order valence-electron chi connectivity index (χ1n) is 5.09. The molecule has 1 aromatic rings. The molecular formula is C12H19NOS. The van der Waals surface area contributed by atoms with Crippen molar-refractivity contribution in [1.29, 1.82) is 0 Å². The summed E-state index contributed by atoms with van der Waals surface area (Å²) < 4.78 is 5.09. The molecule has 1 rings (SSSR count). The van der Waals surface area contributed by atoms with E-state index in [1.54, 1.807) is 7.11 Å². The van der Waals surface area contributed by atoms with E-state index in [0.717, 1.165) is 12.4 Å². The average molecular weight is 225 g/mol. The lowest BCUT2D eigenvalue weighted by atomic mass is 10.2. The van der Waals surface area contributed by atoms with Gasteiger partial charge in [0.15, 0.2) is 0 Å². The first kappa shape index (κ1) is 12.4. The van der Waals surface area contributed by atoms with Crippen molar-refractivity contribution in [2.24, 2.45) is 0 Å². The molecule has 1 N–H and O–H groups in total. The van der Waals surface area contributed by atoms with Crippen LogP contribution in [0.2, 0.25) is 0 Å².